The van der Waals surface area contributed by atoms with Gasteiger partial charge in [0.25, 0.3) is 0 Å². The summed E-state index contributed by atoms with van der Waals surface area (Å²) in [5.74, 6) is 0. The van der Waals surface area contributed by atoms with Crippen molar-refractivity contribution >= 4 is 0 Å². The van der Waals surface area contributed by atoms with Gasteiger partial charge in [0.2, 0.25) is 0 Å². The molecule has 0 saturated heterocycles. The molecule has 0 spiro atoms. The molecule has 1 radical (unpaired) electrons. The summed E-state index contributed by atoms with van der Waals surface area (Å²) < 4.78 is 10.3. The van der Waals surface area contributed by atoms with Crippen LogP contribution in [-0.2, 0) is 9.47 Å². The van der Waals surface area contributed by atoms with Crippen LogP contribution in [0, 0.1) is 6.61 Å². The van der Waals surface area contributed by atoms with Crippen molar-refractivity contribution in [3.05, 3.63) is 6.61 Å². The van der Waals surface area contributed by atoms with Gasteiger partial charge in [-0.2, -0.15) is 0 Å². The third-order valence-electron chi connectivity index (χ3n) is 1.26. The van der Waals surface area contributed by atoms with Gasteiger partial charge in [0.15, 0.2) is 0 Å². The van der Waals surface area contributed by atoms with Crippen LogP contribution in [0.25, 0.3) is 0 Å². The van der Waals surface area contributed by atoms with E-state index in [1.165, 1.54) is 0 Å². The van der Waals surface area contributed by atoms with Crippen molar-refractivity contribution in [1.82, 2.24) is 0 Å². The molecule has 0 rings (SSSR count). The first-order valence-corrected chi connectivity index (χ1v) is 3.82. The van der Waals surface area contributed by atoms with Crippen molar-refractivity contribution in [2.75, 3.05) is 13.2 Å². The fourth-order valence-electron chi connectivity index (χ4n) is 0.720. The van der Waals surface area contributed by atoms with Gasteiger partial charge in [0.05, 0.1) is 12.7 Å². The Morgan fingerprint density at radius 3 is 2.70 bits per heavy atom. The largest absolute Gasteiger partial charge is 0.379 e. The zero-order valence-electron chi connectivity index (χ0n) is 7.09. The third-order valence-corrected chi connectivity index (χ3v) is 1.26. The zero-order chi connectivity index (χ0) is 7.82. The molecular weight excluding hydrogens is 128 g/mol. The van der Waals surface area contributed by atoms with E-state index in [9.17, 15) is 0 Å². The lowest BCUT2D eigenvalue weighted by Crippen LogP contribution is -2.10. The minimum absolute atomic E-state index is 0.324. The molecule has 0 heterocycles. The van der Waals surface area contributed by atoms with E-state index in [1.807, 2.05) is 13.8 Å². The van der Waals surface area contributed by atoms with Crippen LogP contribution >= 0.6 is 0 Å². The molecule has 0 amide bonds. The molecule has 0 aliphatic rings. The Balaban J connectivity index is 2.97. The van der Waals surface area contributed by atoms with Crippen LogP contribution in [0.3, 0.4) is 0 Å². The van der Waals surface area contributed by atoms with Gasteiger partial charge < -0.3 is 9.47 Å². The van der Waals surface area contributed by atoms with E-state index < -0.39 is 0 Å². The summed E-state index contributed by atoms with van der Waals surface area (Å²) in [5.41, 5.74) is 0. The van der Waals surface area contributed by atoms with Crippen molar-refractivity contribution in [1.29, 1.82) is 0 Å². The first-order valence-electron chi connectivity index (χ1n) is 3.82. The molecule has 0 aliphatic carbocycles. The van der Waals surface area contributed by atoms with Crippen LogP contribution < -0.4 is 0 Å². The molecule has 0 fully saturated rings. The summed E-state index contributed by atoms with van der Waals surface area (Å²) in [7, 11) is 0. The Morgan fingerprint density at radius 1 is 1.50 bits per heavy atom. The van der Waals surface area contributed by atoms with Crippen LogP contribution in [0.1, 0.15) is 27.2 Å². The third kappa shape index (κ3) is 6.05. The van der Waals surface area contributed by atoms with E-state index in [-0.39, 0.29) is 0 Å². The van der Waals surface area contributed by atoms with Gasteiger partial charge in [0, 0.05) is 13.2 Å². The smallest absolute Gasteiger partial charge is 0.0805 e. The molecule has 1 atom stereocenters. The van der Waals surface area contributed by atoms with Gasteiger partial charge >= 0.3 is 0 Å². The van der Waals surface area contributed by atoms with Crippen molar-refractivity contribution in [2.45, 2.75) is 33.3 Å². The highest BCUT2D eigenvalue weighted by Crippen LogP contribution is 1.97. The van der Waals surface area contributed by atoms with E-state index in [2.05, 4.69) is 6.92 Å². The maximum atomic E-state index is 5.29. The highest BCUT2D eigenvalue weighted by Gasteiger charge is 1.98. The van der Waals surface area contributed by atoms with Crippen LogP contribution in [0.5, 0.6) is 0 Å². The normalized spacial score (nSPS) is 13.5. The summed E-state index contributed by atoms with van der Waals surface area (Å²) in [6.45, 7) is 9.20. The monoisotopic (exact) mass is 145 g/mol. The van der Waals surface area contributed by atoms with Crippen LogP contribution in [0.2, 0.25) is 0 Å². The molecule has 61 valence electrons. The Hall–Kier alpha value is -0.0800. The minimum atomic E-state index is 0.324. The van der Waals surface area contributed by atoms with E-state index in [0.29, 0.717) is 6.10 Å². The van der Waals surface area contributed by atoms with E-state index in [4.69, 9.17) is 9.47 Å². The molecular formula is C8H17O2. The highest BCUT2D eigenvalue weighted by atomic mass is 16.5. The minimum Gasteiger partial charge on any atom is -0.379 e. The molecule has 0 aromatic heterocycles. The van der Waals surface area contributed by atoms with Crippen molar-refractivity contribution in [3.8, 4) is 0 Å². The summed E-state index contributed by atoms with van der Waals surface area (Å²) >= 11 is 0. The average molecular weight is 145 g/mol. The SMILES string of the molecule is C[CH]OCCC(C)OCC. The molecule has 10 heavy (non-hydrogen) atoms. The number of ether oxygens (including phenoxy) is 2. The van der Waals surface area contributed by atoms with E-state index in [0.717, 1.165) is 19.6 Å². The maximum Gasteiger partial charge on any atom is 0.0805 e. The van der Waals surface area contributed by atoms with Gasteiger partial charge in [-0.05, 0) is 27.2 Å². The second-order valence-corrected chi connectivity index (χ2v) is 2.16. The Kier molecular flexibility index (Phi) is 6.98. The first-order chi connectivity index (χ1) is 4.81. The molecule has 0 bridgehead atoms. The lowest BCUT2D eigenvalue weighted by Gasteiger charge is -2.10. The number of hydrogen-bond acceptors (Lipinski definition) is 2. The van der Waals surface area contributed by atoms with Crippen LogP contribution in [-0.4, -0.2) is 19.3 Å². The molecule has 2 heteroatoms. The standard InChI is InChI=1S/C8H17O2/c1-4-9-7-6-8(3)10-5-2/h4,8H,5-7H2,1-3H3. The first kappa shape index (κ1) is 9.92. The van der Waals surface area contributed by atoms with Gasteiger partial charge in [-0.1, -0.05) is 0 Å². The molecule has 2 nitrogen and oxygen atoms in total. The summed E-state index contributed by atoms with van der Waals surface area (Å²) in [5, 5.41) is 0. The second kappa shape index (κ2) is 7.03. The lowest BCUT2D eigenvalue weighted by atomic mass is 10.3. The van der Waals surface area contributed by atoms with Gasteiger partial charge in [0.1, 0.15) is 0 Å². The number of rotatable bonds is 6. The maximum absolute atomic E-state index is 5.29. The molecule has 0 aromatic carbocycles. The Labute approximate surface area is 63.5 Å². The zero-order valence-corrected chi connectivity index (χ0v) is 7.09. The Morgan fingerprint density at radius 2 is 2.20 bits per heavy atom. The summed E-state index contributed by atoms with van der Waals surface area (Å²) in [6.07, 6.45) is 1.29. The highest BCUT2D eigenvalue weighted by molar-refractivity contribution is 4.49. The van der Waals surface area contributed by atoms with Crippen molar-refractivity contribution in [3.63, 3.8) is 0 Å². The molecule has 0 aromatic rings. The summed E-state index contributed by atoms with van der Waals surface area (Å²) in [4.78, 5) is 0. The fourth-order valence-corrected chi connectivity index (χ4v) is 0.720. The molecule has 0 aliphatic heterocycles. The van der Waals surface area contributed by atoms with Crippen molar-refractivity contribution < 1.29 is 9.47 Å². The number of hydrogen-bond donors (Lipinski definition) is 0. The lowest BCUT2D eigenvalue weighted by molar-refractivity contribution is 0.0499. The van der Waals surface area contributed by atoms with Gasteiger partial charge in [-0.3, -0.25) is 0 Å². The topological polar surface area (TPSA) is 18.5 Å². The fraction of sp³-hybridized carbons (Fsp3) is 0.875. The van der Waals surface area contributed by atoms with E-state index in [1.54, 1.807) is 6.61 Å². The van der Waals surface area contributed by atoms with Crippen LogP contribution in [0.4, 0.5) is 0 Å². The quantitative estimate of drug-likeness (QED) is 0.532. The van der Waals surface area contributed by atoms with Crippen molar-refractivity contribution in [2.24, 2.45) is 0 Å². The predicted molar refractivity (Wildman–Crippen MR) is 41.6 cm³/mol. The van der Waals surface area contributed by atoms with Gasteiger partial charge in [-0.25, -0.2) is 0 Å². The second-order valence-electron chi connectivity index (χ2n) is 2.16. The van der Waals surface area contributed by atoms with E-state index >= 15 is 0 Å². The van der Waals surface area contributed by atoms with Crippen LogP contribution in [0.15, 0.2) is 0 Å². The molecule has 1 unspecified atom stereocenters. The molecule has 0 N–H and O–H groups in total. The average Bonchev–Trinajstić information content (AvgIpc) is 1.89. The molecule has 0 saturated carbocycles. The summed E-state index contributed by atoms with van der Waals surface area (Å²) in [6, 6.07) is 0. The Bertz CT molecular complexity index is 64.3. The predicted octanol–water partition coefficient (Wildman–Crippen LogP) is 2.00. The van der Waals surface area contributed by atoms with Gasteiger partial charge in [-0.15, -0.1) is 0 Å².